The van der Waals surface area contributed by atoms with Gasteiger partial charge in [0.1, 0.15) is 0 Å². The van der Waals surface area contributed by atoms with Crippen LogP contribution in [0.2, 0.25) is 0 Å². The summed E-state index contributed by atoms with van der Waals surface area (Å²) in [6, 6.07) is 10.6. The highest BCUT2D eigenvalue weighted by molar-refractivity contribution is 8.01. The molecule has 12 heavy (non-hydrogen) atoms. The van der Waals surface area contributed by atoms with Crippen LogP contribution in [-0.4, -0.2) is 5.75 Å². The molecule has 1 heteroatoms. The summed E-state index contributed by atoms with van der Waals surface area (Å²) in [5, 5.41) is 0. The Labute approximate surface area is 79.4 Å². The second kappa shape index (κ2) is 6.13. The maximum atomic E-state index is 2.27. The van der Waals surface area contributed by atoms with E-state index in [0.717, 1.165) is 0 Å². The third-order valence-electron chi connectivity index (χ3n) is 1.64. The minimum Gasteiger partial charge on any atom is -0.157 e. The number of aryl methyl sites for hydroxylation is 1. The van der Waals surface area contributed by atoms with Gasteiger partial charge in [-0.05, 0) is 24.2 Å². The van der Waals surface area contributed by atoms with Crippen molar-refractivity contribution in [2.24, 2.45) is 0 Å². The zero-order chi connectivity index (χ0) is 8.65. The third kappa shape index (κ3) is 3.82. The summed E-state index contributed by atoms with van der Waals surface area (Å²) in [6.07, 6.45) is 2.35. The van der Waals surface area contributed by atoms with Crippen molar-refractivity contribution < 1.29 is 0 Å². The molecule has 0 aliphatic heterocycles. The second-order valence-electron chi connectivity index (χ2n) is 2.68. The van der Waals surface area contributed by atoms with Gasteiger partial charge in [-0.15, -0.1) is 0 Å². The Kier molecular flexibility index (Phi) is 4.93. The molecule has 1 radical (unpaired) electrons. The van der Waals surface area contributed by atoms with E-state index in [1.807, 2.05) is 11.8 Å². The van der Waals surface area contributed by atoms with Gasteiger partial charge in [-0.1, -0.05) is 37.3 Å². The number of hydrogen-bond acceptors (Lipinski definition) is 1. The fraction of sp³-hybridized carbons (Fsp3) is 0.364. The first-order valence-electron chi connectivity index (χ1n) is 4.40. The van der Waals surface area contributed by atoms with Gasteiger partial charge >= 0.3 is 0 Å². The lowest BCUT2D eigenvalue weighted by molar-refractivity contribution is 1.15. The Bertz CT molecular complexity index is 193. The Balaban J connectivity index is 2.16. The first-order valence-corrected chi connectivity index (χ1v) is 5.45. The molecule has 0 atom stereocenters. The lowest BCUT2D eigenvalue weighted by Crippen LogP contribution is -1.86. The SMILES string of the molecule is CC[CH]SCCc1ccccc1. The summed E-state index contributed by atoms with van der Waals surface area (Å²) in [4.78, 5) is 0. The summed E-state index contributed by atoms with van der Waals surface area (Å²) in [6.45, 7) is 2.18. The molecular formula is C11H15S. The first kappa shape index (κ1) is 9.66. The van der Waals surface area contributed by atoms with Crippen molar-refractivity contribution in [2.75, 3.05) is 5.75 Å². The van der Waals surface area contributed by atoms with Crippen LogP contribution in [0.25, 0.3) is 0 Å². The standard InChI is InChI=1S/C11H15S/c1-2-9-12-10-8-11-6-4-3-5-7-11/h3-7,9H,2,8,10H2,1H3. The van der Waals surface area contributed by atoms with E-state index in [1.165, 1.54) is 24.2 Å². The molecule has 0 N–H and O–H groups in total. The van der Waals surface area contributed by atoms with Crippen molar-refractivity contribution in [1.82, 2.24) is 0 Å². The van der Waals surface area contributed by atoms with E-state index in [2.05, 4.69) is 43.0 Å². The maximum Gasteiger partial charge on any atom is 0.0163 e. The van der Waals surface area contributed by atoms with E-state index in [9.17, 15) is 0 Å². The molecule has 0 nitrogen and oxygen atoms in total. The van der Waals surface area contributed by atoms with Crippen LogP contribution in [0.5, 0.6) is 0 Å². The molecule has 0 aliphatic carbocycles. The van der Waals surface area contributed by atoms with Gasteiger partial charge in [0.05, 0.1) is 0 Å². The molecule has 0 aliphatic rings. The van der Waals surface area contributed by atoms with E-state index in [1.54, 1.807) is 0 Å². The molecule has 0 unspecified atom stereocenters. The number of benzene rings is 1. The fourth-order valence-corrected chi connectivity index (χ4v) is 1.78. The van der Waals surface area contributed by atoms with Crippen molar-refractivity contribution in [3.63, 3.8) is 0 Å². The molecule has 1 aromatic rings. The van der Waals surface area contributed by atoms with E-state index < -0.39 is 0 Å². The Hall–Kier alpha value is -0.430. The molecule has 0 heterocycles. The zero-order valence-electron chi connectivity index (χ0n) is 7.49. The largest absolute Gasteiger partial charge is 0.157 e. The summed E-state index contributed by atoms with van der Waals surface area (Å²) in [5.41, 5.74) is 1.44. The molecule has 0 amide bonds. The lowest BCUT2D eigenvalue weighted by atomic mass is 10.2. The molecule has 0 aromatic heterocycles. The van der Waals surface area contributed by atoms with E-state index in [4.69, 9.17) is 0 Å². The van der Waals surface area contributed by atoms with Gasteiger partial charge in [-0.2, -0.15) is 11.8 Å². The summed E-state index contributed by atoms with van der Waals surface area (Å²) in [5.74, 6) is 3.47. The lowest BCUT2D eigenvalue weighted by Gasteiger charge is -1.99. The van der Waals surface area contributed by atoms with Crippen molar-refractivity contribution in [2.45, 2.75) is 19.8 Å². The molecule has 0 saturated carbocycles. The van der Waals surface area contributed by atoms with Crippen molar-refractivity contribution in [3.05, 3.63) is 41.6 Å². The van der Waals surface area contributed by atoms with Gasteiger partial charge in [0, 0.05) is 5.75 Å². The summed E-state index contributed by atoms with van der Waals surface area (Å²) < 4.78 is 0. The number of rotatable bonds is 5. The molecular weight excluding hydrogens is 164 g/mol. The quantitative estimate of drug-likeness (QED) is 0.623. The van der Waals surface area contributed by atoms with Gasteiger partial charge in [-0.3, -0.25) is 0 Å². The molecule has 0 saturated heterocycles. The third-order valence-corrected chi connectivity index (χ3v) is 2.64. The monoisotopic (exact) mass is 179 g/mol. The highest BCUT2D eigenvalue weighted by Gasteiger charge is 1.90. The van der Waals surface area contributed by atoms with Gasteiger partial charge in [0.15, 0.2) is 0 Å². The van der Waals surface area contributed by atoms with Crippen LogP contribution in [0, 0.1) is 5.75 Å². The average Bonchev–Trinajstić information content (AvgIpc) is 2.14. The first-order chi connectivity index (χ1) is 5.93. The Morgan fingerprint density at radius 2 is 2.00 bits per heavy atom. The minimum atomic E-state index is 1.17. The van der Waals surface area contributed by atoms with Crippen LogP contribution in [0.1, 0.15) is 18.9 Å². The van der Waals surface area contributed by atoms with E-state index >= 15 is 0 Å². The molecule has 0 bridgehead atoms. The Morgan fingerprint density at radius 3 is 2.67 bits per heavy atom. The van der Waals surface area contributed by atoms with Gasteiger partial charge in [0.25, 0.3) is 0 Å². The predicted octanol–water partition coefficient (Wildman–Crippen LogP) is 3.53. The van der Waals surface area contributed by atoms with Crippen LogP contribution in [-0.2, 0) is 6.42 Å². The van der Waals surface area contributed by atoms with Crippen molar-refractivity contribution in [1.29, 1.82) is 0 Å². The molecule has 65 valence electrons. The number of thioether (sulfide) groups is 1. The molecule has 0 fully saturated rings. The second-order valence-corrected chi connectivity index (χ2v) is 3.76. The normalized spacial score (nSPS) is 10.1. The zero-order valence-corrected chi connectivity index (χ0v) is 8.31. The minimum absolute atomic E-state index is 1.17. The van der Waals surface area contributed by atoms with Crippen LogP contribution in [0.15, 0.2) is 30.3 Å². The van der Waals surface area contributed by atoms with Crippen molar-refractivity contribution >= 4 is 11.8 Å². The van der Waals surface area contributed by atoms with Crippen LogP contribution < -0.4 is 0 Å². The summed E-state index contributed by atoms with van der Waals surface area (Å²) in [7, 11) is 0. The highest BCUT2D eigenvalue weighted by atomic mass is 32.2. The molecule has 1 rings (SSSR count). The van der Waals surface area contributed by atoms with Gasteiger partial charge in [-0.25, -0.2) is 0 Å². The molecule has 0 spiro atoms. The maximum absolute atomic E-state index is 2.27. The summed E-state index contributed by atoms with van der Waals surface area (Å²) >= 11 is 1.92. The van der Waals surface area contributed by atoms with Crippen LogP contribution in [0.4, 0.5) is 0 Å². The smallest absolute Gasteiger partial charge is 0.0163 e. The van der Waals surface area contributed by atoms with Gasteiger partial charge in [0.2, 0.25) is 0 Å². The fourth-order valence-electron chi connectivity index (χ4n) is 1.02. The topological polar surface area (TPSA) is 0 Å². The van der Waals surface area contributed by atoms with Gasteiger partial charge < -0.3 is 0 Å². The number of hydrogen-bond donors (Lipinski definition) is 0. The van der Waals surface area contributed by atoms with Crippen LogP contribution >= 0.6 is 11.8 Å². The molecule has 1 aromatic carbocycles. The predicted molar refractivity (Wildman–Crippen MR) is 57.2 cm³/mol. The van der Waals surface area contributed by atoms with E-state index in [0.29, 0.717) is 0 Å². The van der Waals surface area contributed by atoms with E-state index in [-0.39, 0.29) is 0 Å². The highest BCUT2D eigenvalue weighted by Crippen LogP contribution is 2.10. The average molecular weight is 179 g/mol. The van der Waals surface area contributed by atoms with Crippen LogP contribution in [0.3, 0.4) is 0 Å². The van der Waals surface area contributed by atoms with Crippen molar-refractivity contribution in [3.8, 4) is 0 Å². The Morgan fingerprint density at radius 1 is 1.25 bits per heavy atom.